The molecule has 62 valence electrons. The lowest BCUT2D eigenvalue weighted by molar-refractivity contribution is 0.514. The highest BCUT2D eigenvalue weighted by atomic mass is 16.3. The second kappa shape index (κ2) is 3.61. The van der Waals surface area contributed by atoms with E-state index in [9.17, 15) is 0 Å². The Labute approximate surface area is 68.4 Å². The van der Waals surface area contributed by atoms with Crippen LogP contribution in [0.25, 0.3) is 0 Å². The van der Waals surface area contributed by atoms with Crippen LogP contribution in [-0.4, -0.2) is 0 Å². The first-order chi connectivity index (χ1) is 5.24. The molecule has 11 heavy (non-hydrogen) atoms. The summed E-state index contributed by atoms with van der Waals surface area (Å²) >= 11 is 0. The zero-order valence-corrected chi connectivity index (χ0v) is 7.55. The molecule has 0 aromatic carbocycles. The Bertz CT molecular complexity index is 212. The van der Waals surface area contributed by atoms with Crippen LogP contribution in [0, 0.1) is 12.8 Å². The van der Waals surface area contributed by atoms with Crippen LogP contribution in [0.4, 0.5) is 0 Å². The van der Waals surface area contributed by atoms with Crippen LogP contribution in [0.3, 0.4) is 0 Å². The minimum absolute atomic E-state index is 0.770. The molecule has 0 aliphatic rings. The lowest BCUT2D eigenvalue weighted by Gasteiger charge is -2.05. The summed E-state index contributed by atoms with van der Waals surface area (Å²) < 4.78 is 5.21. The molecule has 0 aliphatic carbocycles. The van der Waals surface area contributed by atoms with Gasteiger partial charge in [0.25, 0.3) is 0 Å². The van der Waals surface area contributed by atoms with E-state index in [2.05, 4.69) is 19.9 Å². The summed E-state index contributed by atoms with van der Waals surface area (Å²) in [5.41, 5.74) is 1.36. The molecule has 1 aromatic heterocycles. The van der Waals surface area contributed by atoms with Gasteiger partial charge in [-0.2, -0.15) is 0 Å². The van der Waals surface area contributed by atoms with Crippen LogP contribution < -0.4 is 0 Å². The van der Waals surface area contributed by atoms with Crippen LogP contribution >= 0.6 is 0 Å². The Kier molecular flexibility index (Phi) is 2.75. The van der Waals surface area contributed by atoms with Gasteiger partial charge in [0.05, 0.1) is 6.26 Å². The van der Waals surface area contributed by atoms with Gasteiger partial charge in [0.2, 0.25) is 0 Å². The number of aryl methyl sites for hydroxylation is 1. The van der Waals surface area contributed by atoms with Gasteiger partial charge in [-0.3, -0.25) is 0 Å². The van der Waals surface area contributed by atoms with Gasteiger partial charge in [-0.05, 0) is 30.9 Å². The molecule has 0 spiro atoms. The number of hydrogen-bond acceptors (Lipinski definition) is 1. The van der Waals surface area contributed by atoms with Crippen LogP contribution in [0.2, 0.25) is 0 Å². The molecule has 1 nitrogen and oxygen atoms in total. The summed E-state index contributed by atoms with van der Waals surface area (Å²) in [5.74, 6) is 1.84. The molecule has 1 aromatic rings. The molecule has 1 heterocycles. The van der Waals surface area contributed by atoms with Crippen molar-refractivity contribution in [3.63, 3.8) is 0 Å². The van der Waals surface area contributed by atoms with E-state index in [0.717, 1.165) is 18.1 Å². The van der Waals surface area contributed by atoms with Crippen molar-refractivity contribution in [3.05, 3.63) is 23.7 Å². The molecule has 0 saturated heterocycles. The van der Waals surface area contributed by atoms with Crippen LogP contribution in [0.5, 0.6) is 0 Å². The van der Waals surface area contributed by atoms with Crippen molar-refractivity contribution in [1.29, 1.82) is 0 Å². The smallest absolute Gasteiger partial charge is 0.103 e. The van der Waals surface area contributed by atoms with Gasteiger partial charge in [-0.25, -0.2) is 0 Å². The molecule has 1 heteroatoms. The standard InChI is InChI=1S/C10H16O/c1-4-8(2)7-10-5-6-11-9(10)3/h5-6,8H,4,7H2,1-3H3. The quantitative estimate of drug-likeness (QED) is 0.648. The Hall–Kier alpha value is -0.720. The van der Waals surface area contributed by atoms with Gasteiger partial charge in [0.1, 0.15) is 5.76 Å². The molecule has 1 rings (SSSR count). The molecule has 1 atom stereocenters. The summed E-state index contributed by atoms with van der Waals surface area (Å²) in [4.78, 5) is 0. The second-order valence-corrected chi connectivity index (χ2v) is 3.22. The third kappa shape index (κ3) is 2.11. The summed E-state index contributed by atoms with van der Waals surface area (Å²) in [5, 5.41) is 0. The zero-order chi connectivity index (χ0) is 8.27. The predicted octanol–water partition coefficient (Wildman–Crippen LogP) is 3.18. The fourth-order valence-corrected chi connectivity index (χ4v) is 1.14. The largest absolute Gasteiger partial charge is 0.469 e. The minimum atomic E-state index is 0.770. The Morgan fingerprint density at radius 3 is 2.73 bits per heavy atom. The normalized spacial score (nSPS) is 13.4. The van der Waals surface area contributed by atoms with Crippen molar-refractivity contribution in [2.75, 3.05) is 0 Å². The summed E-state index contributed by atoms with van der Waals surface area (Å²) in [7, 11) is 0. The maximum absolute atomic E-state index is 5.21. The highest BCUT2D eigenvalue weighted by Gasteiger charge is 2.04. The lowest BCUT2D eigenvalue weighted by Crippen LogP contribution is -1.97. The van der Waals surface area contributed by atoms with Crippen molar-refractivity contribution in [2.45, 2.75) is 33.6 Å². The molecular formula is C10H16O. The lowest BCUT2D eigenvalue weighted by atomic mass is 10.00. The number of furan rings is 1. The van der Waals surface area contributed by atoms with Crippen LogP contribution in [0.1, 0.15) is 31.6 Å². The van der Waals surface area contributed by atoms with E-state index in [1.54, 1.807) is 6.26 Å². The van der Waals surface area contributed by atoms with Crippen molar-refractivity contribution in [2.24, 2.45) is 5.92 Å². The zero-order valence-electron chi connectivity index (χ0n) is 7.55. The molecule has 0 fully saturated rings. The minimum Gasteiger partial charge on any atom is -0.469 e. The predicted molar refractivity (Wildman–Crippen MR) is 46.6 cm³/mol. The highest BCUT2D eigenvalue weighted by molar-refractivity contribution is 5.15. The van der Waals surface area contributed by atoms with E-state index < -0.39 is 0 Å². The van der Waals surface area contributed by atoms with E-state index >= 15 is 0 Å². The number of hydrogen-bond donors (Lipinski definition) is 0. The average molecular weight is 152 g/mol. The first kappa shape index (κ1) is 8.38. The summed E-state index contributed by atoms with van der Waals surface area (Å²) in [6.45, 7) is 6.52. The van der Waals surface area contributed by atoms with Gasteiger partial charge >= 0.3 is 0 Å². The third-order valence-corrected chi connectivity index (χ3v) is 2.23. The van der Waals surface area contributed by atoms with Gasteiger partial charge in [-0.1, -0.05) is 20.3 Å². The van der Waals surface area contributed by atoms with Crippen molar-refractivity contribution in [1.82, 2.24) is 0 Å². The molecular weight excluding hydrogens is 136 g/mol. The Balaban J connectivity index is 2.56. The topological polar surface area (TPSA) is 13.1 Å². The third-order valence-electron chi connectivity index (χ3n) is 2.23. The van der Waals surface area contributed by atoms with Crippen molar-refractivity contribution in [3.8, 4) is 0 Å². The fraction of sp³-hybridized carbons (Fsp3) is 0.600. The monoisotopic (exact) mass is 152 g/mol. The van der Waals surface area contributed by atoms with Gasteiger partial charge in [0.15, 0.2) is 0 Å². The number of rotatable bonds is 3. The van der Waals surface area contributed by atoms with Crippen molar-refractivity contribution >= 4 is 0 Å². The molecule has 0 N–H and O–H groups in total. The van der Waals surface area contributed by atoms with Crippen LogP contribution in [-0.2, 0) is 6.42 Å². The maximum atomic E-state index is 5.21. The van der Waals surface area contributed by atoms with E-state index in [4.69, 9.17) is 4.42 Å². The fourth-order valence-electron chi connectivity index (χ4n) is 1.14. The first-order valence-corrected chi connectivity index (χ1v) is 4.27. The summed E-state index contributed by atoms with van der Waals surface area (Å²) in [6, 6.07) is 2.07. The van der Waals surface area contributed by atoms with Gasteiger partial charge in [0, 0.05) is 0 Å². The molecule has 0 amide bonds. The van der Waals surface area contributed by atoms with Gasteiger partial charge < -0.3 is 4.42 Å². The molecule has 0 saturated carbocycles. The Morgan fingerprint density at radius 1 is 1.55 bits per heavy atom. The first-order valence-electron chi connectivity index (χ1n) is 4.27. The van der Waals surface area contributed by atoms with Crippen molar-refractivity contribution < 1.29 is 4.42 Å². The van der Waals surface area contributed by atoms with E-state index in [-0.39, 0.29) is 0 Å². The van der Waals surface area contributed by atoms with Gasteiger partial charge in [-0.15, -0.1) is 0 Å². The molecule has 0 bridgehead atoms. The summed E-state index contributed by atoms with van der Waals surface area (Å²) in [6.07, 6.45) is 4.16. The average Bonchev–Trinajstić information content (AvgIpc) is 2.37. The molecule has 1 unspecified atom stereocenters. The maximum Gasteiger partial charge on any atom is 0.103 e. The van der Waals surface area contributed by atoms with Crippen LogP contribution in [0.15, 0.2) is 16.7 Å². The molecule has 0 aliphatic heterocycles. The second-order valence-electron chi connectivity index (χ2n) is 3.22. The van der Waals surface area contributed by atoms with E-state index in [1.807, 2.05) is 6.92 Å². The van der Waals surface area contributed by atoms with E-state index in [0.29, 0.717) is 0 Å². The Morgan fingerprint density at radius 2 is 2.27 bits per heavy atom. The SMILES string of the molecule is CCC(C)Cc1ccoc1C. The van der Waals surface area contributed by atoms with E-state index in [1.165, 1.54) is 12.0 Å². The molecule has 0 radical (unpaired) electrons. The highest BCUT2D eigenvalue weighted by Crippen LogP contribution is 2.15.